The van der Waals surface area contributed by atoms with E-state index < -0.39 is 10.7 Å². The second-order valence-electron chi connectivity index (χ2n) is 6.29. The molecule has 8 heteroatoms. The number of hydrogen-bond acceptors (Lipinski definition) is 5. The number of ether oxygens (including phenoxy) is 1. The van der Waals surface area contributed by atoms with Crippen LogP contribution in [0.4, 0.5) is 15.9 Å². The van der Waals surface area contributed by atoms with Crippen LogP contribution in [-0.4, -0.2) is 23.6 Å². The van der Waals surface area contributed by atoms with Gasteiger partial charge in [-0.05, 0) is 30.9 Å². The number of nitrogens with zero attached hydrogens (tertiary/aromatic N) is 2. The van der Waals surface area contributed by atoms with E-state index in [0.717, 1.165) is 24.8 Å². The minimum absolute atomic E-state index is 0.0196. The van der Waals surface area contributed by atoms with Crippen molar-refractivity contribution in [1.82, 2.24) is 4.98 Å². The predicted molar refractivity (Wildman–Crippen MR) is 98.3 cm³/mol. The van der Waals surface area contributed by atoms with Gasteiger partial charge in [0.2, 0.25) is 5.82 Å². The van der Waals surface area contributed by atoms with Crippen LogP contribution in [0, 0.1) is 21.8 Å². The van der Waals surface area contributed by atoms with E-state index in [9.17, 15) is 14.5 Å². The second-order valence-corrected chi connectivity index (χ2v) is 6.70. The highest BCUT2D eigenvalue weighted by atomic mass is 35.5. The summed E-state index contributed by atoms with van der Waals surface area (Å²) in [7, 11) is 1.33. The largest absolute Gasteiger partial charge is 0.494 e. The summed E-state index contributed by atoms with van der Waals surface area (Å²) < 4.78 is 19.0. The number of rotatable bonds is 8. The van der Waals surface area contributed by atoms with Gasteiger partial charge in [-0.15, -0.1) is 0 Å². The number of hydrogen-bond donors (Lipinski definition) is 1. The predicted octanol–water partition coefficient (Wildman–Crippen LogP) is 5.06. The van der Waals surface area contributed by atoms with Crippen molar-refractivity contribution in [2.75, 3.05) is 19.0 Å². The smallest absolute Gasteiger partial charge is 0.319 e. The van der Waals surface area contributed by atoms with Crippen LogP contribution in [0.1, 0.15) is 25.7 Å². The molecular weight excluding hydrogens is 361 g/mol. The van der Waals surface area contributed by atoms with Crippen LogP contribution in [0.25, 0.3) is 11.1 Å². The van der Waals surface area contributed by atoms with E-state index in [1.807, 2.05) is 0 Å². The molecule has 0 bridgehead atoms. The summed E-state index contributed by atoms with van der Waals surface area (Å²) in [4.78, 5) is 15.2. The van der Waals surface area contributed by atoms with E-state index in [-0.39, 0.29) is 33.4 Å². The normalized spacial score (nSPS) is 13.5. The van der Waals surface area contributed by atoms with E-state index in [0.29, 0.717) is 6.54 Å². The Kier molecular flexibility index (Phi) is 5.56. The summed E-state index contributed by atoms with van der Waals surface area (Å²) in [6.45, 7) is 0.596. The molecule has 0 spiro atoms. The van der Waals surface area contributed by atoms with Crippen LogP contribution in [0.2, 0.25) is 5.02 Å². The van der Waals surface area contributed by atoms with Crippen molar-refractivity contribution in [2.24, 2.45) is 5.92 Å². The molecule has 1 aromatic carbocycles. The zero-order chi connectivity index (χ0) is 18.7. The van der Waals surface area contributed by atoms with Crippen molar-refractivity contribution in [1.29, 1.82) is 0 Å². The lowest BCUT2D eigenvalue weighted by atomic mass is 10.0. The van der Waals surface area contributed by atoms with Crippen LogP contribution in [0.15, 0.2) is 24.4 Å². The standard InChI is InChI=1S/C18H19ClFN3O3/c1-26-16-10-14(19)13(9-15(16)20)12-6-8-22-18(17(12)23(24)25)21-7-2-3-11-4-5-11/h6,8-11H,2-5,7H2,1H3,(H,21,22). The number of nitro groups is 1. The summed E-state index contributed by atoms with van der Waals surface area (Å²) in [5, 5.41) is 14.8. The quantitative estimate of drug-likeness (QED) is 0.394. The summed E-state index contributed by atoms with van der Waals surface area (Å²) in [5.41, 5.74) is 0.215. The molecule has 1 heterocycles. The molecule has 1 aliphatic rings. The number of benzene rings is 1. The van der Waals surface area contributed by atoms with Crippen molar-refractivity contribution in [3.05, 3.63) is 45.4 Å². The summed E-state index contributed by atoms with van der Waals surface area (Å²) >= 11 is 6.20. The molecule has 1 saturated carbocycles. The Bertz CT molecular complexity index is 828. The van der Waals surface area contributed by atoms with E-state index in [1.54, 1.807) is 0 Å². The zero-order valence-electron chi connectivity index (χ0n) is 14.3. The highest BCUT2D eigenvalue weighted by Crippen LogP contribution is 2.40. The molecule has 138 valence electrons. The van der Waals surface area contributed by atoms with E-state index in [1.165, 1.54) is 38.3 Å². The number of nitrogens with one attached hydrogen (secondary N) is 1. The van der Waals surface area contributed by atoms with Gasteiger partial charge >= 0.3 is 5.69 Å². The number of methoxy groups -OCH3 is 1. The van der Waals surface area contributed by atoms with Crippen LogP contribution < -0.4 is 10.1 Å². The molecule has 3 rings (SSSR count). The highest BCUT2D eigenvalue weighted by Gasteiger charge is 2.25. The number of anilines is 1. The van der Waals surface area contributed by atoms with Gasteiger partial charge < -0.3 is 10.1 Å². The van der Waals surface area contributed by atoms with Gasteiger partial charge in [-0.3, -0.25) is 10.1 Å². The van der Waals surface area contributed by atoms with E-state index in [2.05, 4.69) is 10.3 Å². The maximum Gasteiger partial charge on any atom is 0.319 e. The van der Waals surface area contributed by atoms with Gasteiger partial charge in [0, 0.05) is 24.4 Å². The molecule has 1 aromatic heterocycles. The van der Waals surface area contributed by atoms with Gasteiger partial charge in [0.05, 0.1) is 22.6 Å². The molecule has 6 nitrogen and oxygen atoms in total. The third-order valence-electron chi connectivity index (χ3n) is 4.42. The molecule has 1 aliphatic carbocycles. The Morgan fingerprint density at radius 1 is 1.42 bits per heavy atom. The minimum atomic E-state index is -0.642. The lowest BCUT2D eigenvalue weighted by molar-refractivity contribution is -0.383. The number of aromatic nitrogens is 1. The van der Waals surface area contributed by atoms with Crippen LogP contribution in [-0.2, 0) is 0 Å². The third kappa shape index (κ3) is 4.04. The fourth-order valence-electron chi connectivity index (χ4n) is 2.88. The molecule has 0 saturated heterocycles. The average Bonchev–Trinajstić information content (AvgIpc) is 3.44. The Hall–Kier alpha value is -2.41. The molecule has 1 N–H and O–H groups in total. The molecule has 2 aromatic rings. The molecular formula is C18H19ClFN3O3. The first-order valence-corrected chi connectivity index (χ1v) is 8.79. The molecule has 0 aliphatic heterocycles. The lowest BCUT2D eigenvalue weighted by Crippen LogP contribution is -2.07. The lowest BCUT2D eigenvalue weighted by Gasteiger charge is -2.11. The van der Waals surface area contributed by atoms with E-state index >= 15 is 0 Å². The number of halogens is 2. The van der Waals surface area contributed by atoms with Crippen molar-refractivity contribution < 1.29 is 14.1 Å². The zero-order valence-corrected chi connectivity index (χ0v) is 15.1. The van der Waals surface area contributed by atoms with Crippen LogP contribution in [0.5, 0.6) is 5.75 Å². The Morgan fingerprint density at radius 3 is 2.85 bits per heavy atom. The van der Waals surface area contributed by atoms with Gasteiger partial charge in [0.1, 0.15) is 0 Å². The van der Waals surface area contributed by atoms with Crippen molar-refractivity contribution in [2.45, 2.75) is 25.7 Å². The molecule has 0 radical (unpaired) electrons. The van der Waals surface area contributed by atoms with Gasteiger partial charge in [-0.25, -0.2) is 9.37 Å². The van der Waals surface area contributed by atoms with Crippen molar-refractivity contribution in [3.63, 3.8) is 0 Å². The topological polar surface area (TPSA) is 77.3 Å². The van der Waals surface area contributed by atoms with Crippen LogP contribution in [0.3, 0.4) is 0 Å². The highest BCUT2D eigenvalue weighted by molar-refractivity contribution is 6.33. The van der Waals surface area contributed by atoms with Crippen molar-refractivity contribution >= 4 is 23.1 Å². The molecule has 0 amide bonds. The summed E-state index contributed by atoms with van der Waals surface area (Å²) in [5.74, 6) is 0.300. The van der Waals surface area contributed by atoms with E-state index in [4.69, 9.17) is 16.3 Å². The first-order chi connectivity index (χ1) is 12.5. The van der Waals surface area contributed by atoms with Crippen LogP contribution >= 0.6 is 11.6 Å². The summed E-state index contributed by atoms with van der Waals surface area (Å²) in [6.07, 6.45) is 6.02. The first-order valence-electron chi connectivity index (χ1n) is 8.42. The maximum absolute atomic E-state index is 14.1. The number of pyridine rings is 1. The first kappa shape index (κ1) is 18.4. The molecule has 26 heavy (non-hydrogen) atoms. The molecule has 0 atom stereocenters. The van der Waals surface area contributed by atoms with Gasteiger partial charge in [-0.1, -0.05) is 24.4 Å². The van der Waals surface area contributed by atoms with Gasteiger partial charge in [0.15, 0.2) is 11.6 Å². The Balaban J connectivity index is 1.92. The maximum atomic E-state index is 14.1. The fourth-order valence-corrected chi connectivity index (χ4v) is 3.14. The Morgan fingerprint density at radius 2 is 2.19 bits per heavy atom. The fraction of sp³-hybridized carbons (Fsp3) is 0.389. The van der Waals surface area contributed by atoms with Gasteiger partial charge in [0.25, 0.3) is 0 Å². The minimum Gasteiger partial charge on any atom is -0.494 e. The molecule has 0 unspecified atom stereocenters. The van der Waals surface area contributed by atoms with Gasteiger partial charge in [-0.2, -0.15) is 0 Å². The summed E-state index contributed by atoms with van der Waals surface area (Å²) in [6, 6.07) is 3.90. The molecule has 1 fully saturated rings. The van der Waals surface area contributed by atoms with Crippen molar-refractivity contribution in [3.8, 4) is 16.9 Å². The monoisotopic (exact) mass is 379 g/mol. The second kappa shape index (κ2) is 7.86. The Labute approximate surface area is 155 Å². The SMILES string of the molecule is COc1cc(Cl)c(-c2ccnc(NCCCC3CC3)c2[N+](=O)[O-])cc1F. The average molecular weight is 380 g/mol. The third-order valence-corrected chi connectivity index (χ3v) is 4.73.